The number of aromatic carboxylic acids is 1. The fourth-order valence-electron chi connectivity index (χ4n) is 5.28. The van der Waals surface area contributed by atoms with Gasteiger partial charge in [0.2, 0.25) is 16.8 Å². The highest BCUT2D eigenvalue weighted by Gasteiger charge is 2.42. The molecule has 1 amide bonds. The summed E-state index contributed by atoms with van der Waals surface area (Å²) in [5, 5.41) is 31.0. The fourth-order valence-corrected chi connectivity index (χ4v) is 6.96. The lowest BCUT2D eigenvalue weighted by Gasteiger charge is -2.38. The Morgan fingerprint density at radius 2 is 1.82 bits per heavy atom. The van der Waals surface area contributed by atoms with E-state index in [0.717, 1.165) is 11.8 Å². The number of carboxylic acid groups (broad SMARTS) is 1. The summed E-state index contributed by atoms with van der Waals surface area (Å²) >= 11 is 2.33. The van der Waals surface area contributed by atoms with E-state index in [-0.39, 0.29) is 34.4 Å². The number of rotatable bonds is 10. The summed E-state index contributed by atoms with van der Waals surface area (Å²) < 4.78 is 17.0. The number of carbonyl (C=O) groups excluding carboxylic acids is 2. The number of nitrogens with zero attached hydrogens (tertiary/aromatic N) is 4. The van der Waals surface area contributed by atoms with Crippen LogP contribution in [0.4, 0.5) is 10.8 Å². The van der Waals surface area contributed by atoms with E-state index in [0.29, 0.717) is 68.5 Å². The largest absolute Gasteiger partial charge is 0.493 e. The first-order valence-electron chi connectivity index (χ1n) is 13.6. The van der Waals surface area contributed by atoms with Crippen LogP contribution in [0.5, 0.6) is 17.2 Å². The van der Waals surface area contributed by atoms with Crippen LogP contribution in [0.15, 0.2) is 63.4 Å². The summed E-state index contributed by atoms with van der Waals surface area (Å²) in [6, 6.07) is 11.5. The van der Waals surface area contributed by atoms with E-state index in [1.807, 2.05) is 0 Å². The molecule has 5 rings (SSSR count). The summed E-state index contributed by atoms with van der Waals surface area (Å²) in [4.78, 5) is 38.7. The standard InChI is InChI=1S/C30H28N6O7S2/c1-41-21-11-16(12-22(42-2)26(21)43-3)24-18(13-31)27(32)36(19-5-4-6-20(37)25(19)24)29-34-35-30(45-29)44-14-23(38)33-17-9-7-15(8-10-17)28(39)40/h7-12,24H,4-6,14,32H2,1-3H3,(H,33,38)(H,39,40). The molecule has 0 saturated carbocycles. The Bertz CT molecular complexity index is 1750. The van der Waals surface area contributed by atoms with Crippen LogP contribution in [-0.4, -0.2) is 60.0 Å². The first-order valence-corrected chi connectivity index (χ1v) is 15.4. The minimum atomic E-state index is -1.06. The molecule has 3 aromatic rings. The summed E-state index contributed by atoms with van der Waals surface area (Å²) in [5.41, 5.74) is 9.07. The Kier molecular flexibility index (Phi) is 9.26. The lowest BCUT2D eigenvalue weighted by molar-refractivity contribution is -0.116. The van der Waals surface area contributed by atoms with Gasteiger partial charge in [-0.3, -0.25) is 14.5 Å². The van der Waals surface area contributed by atoms with E-state index >= 15 is 0 Å². The van der Waals surface area contributed by atoms with Crippen LogP contribution in [-0.2, 0) is 9.59 Å². The van der Waals surface area contributed by atoms with Gasteiger partial charge in [-0.1, -0.05) is 23.1 Å². The van der Waals surface area contributed by atoms with Gasteiger partial charge in [-0.2, -0.15) is 5.26 Å². The number of hydrogen-bond acceptors (Lipinski definition) is 13. The summed E-state index contributed by atoms with van der Waals surface area (Å²) in [6.45, 7) is 0. The first-order chi connectivity index (χ1) is 21.7. The molecule has 0 bridgehead atoms. The molecule has 1 unspecified atom stereocenters. The molecule has 0 spiro atoms. The van der Waals surface area contributed by atoms with Crippen molar-refractivity contribution < 1.29 is 33.7 Å². The Labute approximate surface area is 266 Å². The molecule has 1 aliphatic carbocycles. The van der Waals surface area contributed by atoms with Crippen LogP contribution in [0.2, 0.25) is 0 Å². The molecule has 15 heteroatoms. The highest BCUT2D eigenvalue weighted by atomic mass is 32.2. The number of Topliss-reactive ketones (excluding diaryl/α,β-unsaturated/α-hetero) is 1. The Morgan fingerprint density at radius 1 is 1.13 bits per heavy atom. The number of nitrogens with two attached hydrogens (primary N) is 1. The number of ketones is 1. The average Bonchev–Trinajstić information content (AvgIpc) is 3.51. The molecule has 0 saturated heterocycles. The number of carboxylic acids is 1. The van der Waals surface area contributed by atoms with E-state index in [1.165, 1.54) is 56.9 Å². The molecule has 2 aliphatic rings. The van der Waals surface area contributed by atoms with Gasteiger partial charge in [0.25, 0.3) is 0 Å². The number of methoxy groups -OCH3 is 3. The van der Waals surface area contributed by atoms with Crippen molar-refractivity contribution in [2.75, 3.05) is 37.3 Å². The molecule has 2 aromatic carbocycles. The second kappa shape index (κ2) is 13.3. The fraction of sp³-hybridized carbons (Fsp3) is 0.267. The molecular weight excluding hydrogens is 620 g/mol. The van der Waals surface area contributed by atoms with Crippen LogP contribution >= 0.6 is 23.1 Å². The summed E-state index contributed by atoms with van der Waals surface area (Å²) in [5.74, 6) is -0.974. The van der Waals surface area contributed by atoms with Gasteiger partial charge >= 0.3 is 5.97 Å². The number of carbonyl (C=O) groups is 3. The zero-order valence-electron chi connectivity index (χ0n) is 24.4. The van der Waals surface area contributed by atoms with E-state index in [2.05, 4.69) is 21.6 Å². The number of nitriles is 1. The smallest absolute Gasteiger partial charge is 0.335 e. The van der Waals surface area contributed by atoms with Gasteiger partial charge < -0.3 is 30.4 Å². The Balaban J connectivity index is 1.44. The zero-order chi connectivity index (χ0) is 32.2. The molecule has 13 nitrogen and oxygen atoms in total. The third-order valence-electron chi connectivity index (χ3n) is 7.26. The lowest BCUT2D eigenvalue weighted by Crippen LogP contribution is -2.38. The van der Waals surface area contributed by atoms with Crippen molar-refractivity contribution in [3.05, 3.63) is 70.2 Å². The molecule has 4 N–H and O–H groups in total. The van der Waals surface area contributed by atoms with Crippen molar-refractivity contribution in [3.8, 4) is 23.3 Å². The van der Waals surface area contributed by atoms with E-state index in [4.69, 9.17) is 25.1 Å². The van der Waals surface area contributed by atoms with Crippen molar-refractivity contribution in [1.82, 2.24) is 10.2 Å². The van der Waals surface area contributed by atoms with E-state index in [9.17, 15) is 19.6 Å². The minimum absolute atomic E-state index is 0.0136. The van der Waals surface area contributed by atoms with Crippen LogP contribution in [0.1, 0.15) is 41.1 Å². The van der Waals surface area contributed by atoms with Gasteiger partial charge in [0.05, 0.1) is 50.2 Å². The second-order valence-corrected chi connectivity index (χ2v) is 12.0. The maximum absolute atomic E-state index is 13.5. The van der Waals surface area contributed by atoms with Crippen molar-refractivity contribution in [2.24, 2.45) is 5.73 Å². The molecule has 1 atom stereocenters. The van der Waals surface area contributed by atoms with Crippen molar-refractivity contribution in [2.45, 2.75) is 29.5 Å². The van der Waals surface area contributed by atoms with Gasteiger partial charge in [-0.05, 0) is 54.8 Å². The number of amides is 1. The second-order valence-electron chi connectivity index (χ2n) is 9.84. The molecule has 1 aliphatic heterocycles. The Hall–Kier alpha value is -5.07. The quantitative estimate of drug-likeness (QED) is 0.264. The van der Waals surface area contributed by atoms with Gasteiger partial charge in [-0.25, -0.2) is 4.79 Å². The SMILES string of the molecule is COc1cc(C2C(C#N)=C(N)N(c3nnc(SCC(=O)Nc4ccc(C(=O)O)cc4)s3)C3=C2C(=O)CCC3)cc(OC)c1OC. The Morgan fingerprint density at radius 3 is 2.42 bits per heavy atom. The van der Waals surface area contributed by atoms with Gasteiger partial charge in [-0.15, -0.1) is 10.2 Å². The lowest BCUT2D eigenvalue weighted by atomic mass is 9.75. The highest BCUT2D eigenvalue weighted by Crippen LogP contribution is 2.50. The molecule has 232 valence electrons. The van der Waals surface area contributed by atoms with Crippen molar-refractivity contribution in [3.63, 3.8) is 0 Å². The topological polar surface area (TPSA) is 190 Å². The van der Waals surface area contributed by atoms with Gasteiger partial charge in [0.1, 0.15) is 5.82 Å². The van der Waals surface area contributed by atoms with E-state index in [1.54, 1.807) is 17.0 Å². The van der Waals surface area contributed by atoms with Gasteiger partial charge in [0, 0.05) is 23.4 Å². The van der Waals surface area contributed by atoms with Gasteiger partial charge in [0.15, 0.2) is 21.6 Å². The number of aromatic nitrogens is 2. The molecule has 0 radical (unpaired) electrons. The molecule has 0 fully saturated rings. The number of benzene rings is 2. The molecule has 1 aromatic heterocycles. The first kappa shape index (κ1) is 31.4. The van der Waals surface area contributed by atoms with Crippen LogP contribution in [0, 0.1) is 11.3 Å². The number of hydrogen-bond donors (Lipinski definition) is 3. The average molecular weight is 649 g/mol. The third-order valence-corrected chi connectivity index (χ3v) is 9.30. The normalized spacial score (nSPS) is 16.2. The molecule has 2 heterocycles. The number of ether oxygens (including phenoxy) is 3. The number of thioether (sulfide) groups is 1. The minimum Gasteiger partial charge on any atom is -0.493 e. The van der Waals surface area contributed by atoms with E-state index < -0.39 is 11.9 Å². The molecule has 45 heavy (non-hydrogen) atoms. The number of allylic oxidation sites excluding steroid dienone is 3. The number of nitrogens with one attached hydrogen (secondary N) is 1. The van der Waals surface area contributed by atoms with Crippen LogP contribution in [0.25, 0.3) is 0 Å². The third kappa shape index (κ3) is 6.15. The predicted octanol–water partition coefficient (Wildman–Crippen LogP) is 4.30. The monoisotopic (exact) mass is 648 g/mol. The summed E-state index contributed by atoms with van der Waals surface area (Å²) in [7, 11) is 4.47. The highest BCUT2D eigenvalue weighted by molar-refractivity contribution is 8.01. The predicted molar refractivity (Wildman–Crippen MR) is 167 cm³/mol. The maximum atomic E-state index is 13.5. The van der Waals surface area contributed by atoms with Crippen LogP contribution < -0.4 is 30.2 Å². The zero-order valence-corrected chi connectivity index (χ0v) is 26.1. The maximum Gasteiger partial charge on any atom is 0.335 e. The van der Waals surface area contributed by atoms with Crippen LogP contribution in [0.3, 0.4) is 0 Å². The van der Waals surface area contributed by atoms with Crippen molar-refractivity contribution >= 4 is 51.6 Å². The number of anilines is 2. The van der Waals surface area contributed by atoms with Crippen molar-refractivity contribution in [1.29, 1.82) is 5.26 Å². The molecular formula is C30H28N6O7S2. The summed E-state index contributed by atoms with van der Waals surface area (Å²) in [6.07, 6.45) is 1.43.